The van der Waals surface area contributed by atoms with Gasteiger partial charge in [-0.3, -0.25) is 4.79 Å². The number of rotatable bonds is 5. The number of benzene rings is 2. The van der Waals surface area contributed by atoms with Crippen LogP contribution in [-0.4, -0.2) is 24.9 Å². The zero-order chi connectivity index (χ0) is 22.4. The molecular formula is C26H22N4OS2. The van der Waals surface area contributed by atoms with Crippen molar-refractivity contribution in [2.75, 3.05) is 5.75 Å². The molecule has 0 bridgehead atoms. The van der Waals surface area contributed by atoms with Gasteiger partial charge in [-0.15, -0.1) is 21.5 Å². The maximum atomic E-state index is 13.7. The van der Waals surface area contributed by atoms with Gasteiger partial charge in [-0.1, -0.05) is 71.9 Å². The largest absolute Gasteiger partial charge is 0.268 e. The van der Waals surface area contributed by atoms with Crippen molar-refractivity contribution < 1.29 is 0 Å². The van der Waals surface area contributed by atoms with E-state index in [0.29, 0.717) is 5.78 Å². The molecule has 0 unspecified atom stereocenters. The number of fused-ring (bicyclic) bond motifs is 5. The maximum Gasteiger partial charge on any atom is 0.268 e. The summed E-state index contributed by atoms with van der Waals surface area (Å²) in [6.45, 7) is 2.05. The van der Waals surface area contributed by atoms with E-state index in [1.807, 2.05) is 49.4 Å². The number of thiophene rings is 1. The third-order valence-corrected chi connectivity index (χ3v) is 8.21. The Kier molecular flexibility index (Phi) is 5.15. The Bertz CT molecular complexity index is 1560. The van der Waals surface area contributed by atoms with Gasteiger partial charge in [0, 0.05) is 10.6 Å². The summed E-state index contributed by atoms with van der Waals surface area (Å²) >= 11 is 3.37. The van der Waals surface area contributed by atoms with Gasteiger partial charge >= 0.3 is 0 Å². The summed E-state index contributed by atoms with van der Waals surface area (Å²) < 4.78 is 3.81. The second kappa shape index (κ2) is 8.32. The van der Waals surface area contributed by atoms with Crippen molar-refractivity contribution in [3.63, 3.8) is 0 Å². The van der Waals surface area contributed by atoms with Crippen LogP contribution in [0.3, 0.4) is 0 Å². The Labute approximate surface area is 199 Å². The van der Waals surface area contributed by atoms with Gasteiger partial charge in [0.1, 0.15) is 4.83 Å². The lowest BCUT2D eigenvalue weighted by atomic mass is 10.2. The molecular weight excluding hydrogens is 448 g/mol. The maximum absolute atomic E-state index is 13.7. The highest BCUT2D eigenvalue weighted by molar-refractivity contribution is 7.99. The van der Waals surface area contributed by atoms with Crippen molar-refractivity contribution in [1.82, 2.24) is 19.2 Å². The average Bonchev–Trinajstić information content (AvgIpc) is 3.53. The van der Waals surface area contributed by atoms with Gasteiger partial charge in [0.25, 0.3) is 5.56 Å². The number of hydrogen-bond donors (Lipinski definition) is 0. The molecule has 0 saturated heterocycles. The third-order valence-electron chi connectivity index (χ3n) is 6.05. The molecule has 1 aliphatic rings. The molecule has 5 nitrogen and oxygen atoms in total. The second-order valence-corrected chi connectivity index (χ2v) is 10.3. The third kappa shape index (κ3) is 3.52. The highest BCUT2D eigenvalue weighted by Crippen LogP contribution is 2.37. The van der Waals surface area contributed by atoms with Gasteiger partial charge in [-0.25, -0.2) is 8.97 Å². The van der Waals surface area contributed by atoms with E-state index in [2.05, 4.69) is 38.9 Å². The summed E-state index contributed by atoms with van der Waals surface area (Å²) in [6, 6.07) is 18.3. The molecule has 0 fully saturated rings. The summed E-state index contributed by atoms with van der Waals surface area (Å²) in [4.78, 5) is 16.1. The van der Waals surface area contributed by atoms with Crippen LogP contribution in [0.2, 0.25) is 0 Å². The van der Waals surface area contributed by atoms with Crippen LogP contribution in [0, 0.1) is 6.92 Å². The summed E-state index contributed by atoms with van der Waals surface area (Å²) in [5.74, 6) is 1.34. The molecule has 5 aromatic rings. The lowest BCUT2D eigenvalue weighted by molar-refractivity contribution is 0.910. The second-order valence-electron chi connectivity index (χ2n) is 8.26. The van der Waals surface area contributed by atoms with E-state index in [-0.39, 0.29) is 5.56 Å². The van der Waals surface area contributed by atoms with Crippen LogP contribution in [0.5, 0.6) is 0 Å². The van der Waals surface area contributed by atoms with E-state index in [0.717, 1.165) is 51.6 Å². The molecule has 0 N–H and O–H groups in total. The molecule has 0 amide bonds. The summed E-state index contributed by atoms with van der Waals surface area (Å²) in [7, 11) is 0. The molecule has 6 rings (SSSR count). The van der Waals surface area contributed by atoms with Crippen LogP contribution in [0.15, 0.2) is 70.6 Å². The molecule has 33 heavy (non-hydrogen) atoms. The fourth-order valence-corrected chi connectivity index (χ4v) is 6.63. The first kappa shape index (κ1) is 20.4. The van der Waals surface area contributed by atoms with Crippen LogP contribution >= 0.6 is 23.1 Å². The molecule has 3 heterocycles. The lowest BCUT2D eigenvalue weighted by Gasteiger charge is -2.10. The van der Waals surface area contributed by atoms with Crippen LogP contribution in [-0.2, 0) is 12.8 Å². The highest BCUT2D eigenvalue weighted by Gasteiger charge is 2.26. The molecule has 3 aromatic heterocycles. The molecule has 7 heteroatoms. The first-order chi connectivity index (χ1) is 16.2. The van der Waals surface area contributed by atoms with Crippen molar-refractivity contribution in [1.29, 1.82) is 0 Å². The van der Waals surface area contributed by atoms with E-state index in [1.54, 1.807) is 27.7 Å². The molecule has 164 valence electrons. The van der Waals surface area contributed by atoms with Crippen molar-refractivity contribution >= 4 is 45.2 Å². The monoisotopic (exact) mass is 470 g/mol. The van der Waals surface area contributed by atoms with Crippen molar-refractivity contribution in [2.45, 2.75) is 31.3 Å². The molecule has 0 aliphatic heterocycles. The molecule has 0 spiro atoms. The summed E-state index contributed by atoms with van der Waals surface area (Å²) in [6.07, 6.45) is 7.39. The van der Waals surface area contributed by atoms with Crippen LogP contribution in [0.4, 0.5) is 0 Å². The average molecular weight is 471 g/mol. The first-order valence-corrected chi connectivity index (χ1v) is 12.9. The van der Waals surface area contributed by atoms with E-state index in [1.165, 1.54) is 16.0 Å². The minimum absolute atomic E-state index is 0.00803. The topological polar surface area (TPSA) is 52.2 Å². The standard InChI is InChI=1S/C26H22N4OS2/c1-17-12-14-19(15-13-17)29-23(31)22-20-10-5-11-21(20)33-24(22)30-25(29)27-28-26(30)32-16-6-9-18-7-3-2-4-8-18/h2-4,6-9,12-15H,5,10-11,16H2,1H3. The Morgan fingerprint density at radius 1 is 1.06 bits per heavy atom. The van der Waals surface area contributed by atoms with Crippen LogP contribution in [0.25, 0.3) is 27.8 Å². The zero-order valence-electron chi connectivity index (χ0n) is 18.2. The Hall–Kier alpha value is -3.16. The number of nitrogens with zero attached hydrogens (tertiary/aromatic N) is 4. The predicted molar refractivity (Wildman–Crippen MR) is 137 cm³/mol. The van der Waals surface area contributed by atoms with E-state index >= 15 is 0 Å². The van der Waals surface area contributed by atoms with Crippen molar-refractivity contribution in [2.24, 2.45) is 0 Å². The minimum atomic E-state index is 0.00803. The van der Waals surface area contributed by atoms with Gasteiger partial charge < -0.3 is 0 Å². The van der Waals surface area contributed by atoms with Gasteiger partial charge in [0.15, 0.2) is 5.16 Å². The number of aromatic nitrogens is 4. The van der Waals surface area contributed by atoms with Crippen molar-refractivity contribution in [3.8, 4) is 5.69 Å². The quantitative estimate of drug-likeness (QED) is 0.309. The van der Waals surface area contributed by atoms with Gasteiger partial charge in [0.2, 0.25) is 5.78 Å². The molecule has 0 radical (unpaired) electrons. The Morgan fingerprint density at radius 2 is 1.88 bits per heavy atom. The van der Waals surface area contributed by atoms with Crippen LogP contribution in [0.1, 0.15) is 28.0 Å². The molecule has 2 aromatic carbocycles. The number of thioether (sulfide) groups is 1. The fraction of sp³-hybridized carbons (Fsp3) is 0.192. The summed E-state index contributed by atoms with van der Waals surface area (Å²) in [5.41, 5.74) is 4.38. The van der Waals surface area contributed by atoms with Crippen LogP contribution < -0.4 is 5.56 Å². The van der Waals surface area contributed by atoms with Gasteiger partial charge in [-0.05, 0) is 49.4 Å². The first-order valence-electron chi connectivity index (χ1n) is 11.1. The molecule has 0 atom stereocenters. The molecule has 0 saturated carbocycles. The Morgan fingerprint density at radius 3 is 2.70 bits per heavy atom. The van der Waals surface area contributed by atoms with Gasteiger partial charge in [-0.2, -0.15) is 0 Å². The number of aryl methyl sites for hydroxylation is 3. The molecule has 1 aliphatic carbocycles. The predicted octanol–water partition coefficient (Wildman–Crippen LogP) is 5.70. The zero-order valence-corrected chi connectivity index (χ0v) is 19.8. The van der Waals surface area contributed by atoms with E-state index in [4.69, 9.17) is 0 Å². The van der Waals surface area contributed by atoms with Crippen molar-refractivity contribution in [3.05, 3.63) is 92.6 Å². The fourth-order valence-electron chi connectivity index (χ4n) is 4.45. The SMILES string of the molecule is Cc1ccc(-n2c(=O)c3c4c(sc3n3c(SCC=Cc5ccccc5)nnc23)CCC4)cc1. The van der Waals surface area contributed by atoms with Gasteiger partial charge in [0.05, 0.1) is 11.1 Å². The smallest absolute Gasteiger partial charge is 0.268 e. The van der Waals surface area contributed by atoms with E-state index in [9.17, 15) is 4.79 Å². The number of hydrogen-bond acceptors (Lipinski definition) is 5. The normalized spacial score (nSPS) is 13.5. The Balaban J connectivity index is 1.49. The van der Waals surface area contributed by atoms with E-state index < -0.39 is 0 Å². The highest BCUT2D eigenvalue weighted by atomic mass is 32.2. The summed E-state index contributed by atoms with van der Waals surface area (Å²) in [5, 5.41) is 10.6. The lowest BCUT2D eigenvalue weighted by Crippen LogP contribution is -2.21. The minimum Gasteiger partial charge on any atom is -0.268 e.